The molecule has 1 aliphatic rings. The Labute approximate surface area is 301 Å². The SMILES string of the molecule is CC(C)(C)OC(=O)N1C[C@@H](CCC(Nc2cccc(SNC(=O)c3cnc(C(C)(C)C)nc3Cl)n2)c2cc(C(C)(C)C)ccn2)CC1(C)C. The minimum atomic E-state index is -0.550. The van der Waals surface area contributed by atoms with E-state index in [9.17, 15) is 9.59 Å². The van der Waals surface area contributed by atoms with Gasteiger partial charge in [0.05, 0.1) is 17.3 Å². The number of hydrogen-bond donors (Lipinski definition) is 2. The Balaban J connectivity index is 1.49. The van der Waals surface area contributed by atoms with Gasteiger partial charge in [0.15, 0.2) is 0 Å². The van der Waals surface area contributed by atoms with Gasteiger partial charge in [-0.25, -0.2) is 19.7 Å². The summed E-state index contributed by atoms with van der Waals surface area (Å²) in [6.07, 6.45) is 5.60. The second kappa shape index (κ2) is 14.8. The van der Waals surface area contributed by atoms with Gasteiger partial charge in [-0.05, 0) is 95.0 Å². The second-order valence-corrected chi connectivity index (χ2v) is 17.7. The van der Waals surface area contributed by atoms with Crippen molar-refractivity contribution in [3.63, 3.8) is 0 Å². The fourth-order valence-electron chi connectivity index (χ4n) is 5.78. The van der Waals surface area contributed by atoms with Crippen molar-refractivity contribution < 1.29 is 14.3 Å². The lowest BCUT2D eigenvalue weighted by molar-refractivity contribution is 0.0130. The van der Waals surface area contributed by atoms with E-state index in [1.807, 2.05) is 70.8 Å². The molecule has 1 unspecified atom stereocenters. The van der Waals surface area contributed by atoms with Crippen molar-refractivity contribution in [2.75, 3.05) is 11.9 Å². The number of halogens is 1. The highest BCUT2D eigenvalue weighted by Crippen LogP contribution is 2.38. The van der Waals surface area contributed by atoms with Gasteiger partial charge in [0.2, 0.25) is 0 Å². The molecule has 3 aromatic rings. The lowest BCUT2D eigenvalue weighted by Gasteiger charge is -2.33. The number of rotatable bonds is 9. The molecule has 0 aliphatic carbocycles. The van der Waals surface area contributed by atoms with E-state index >= 15 is 0 Å². The molecule has 1 saturated heterocycles. The molecule has 49 heavy (non-hydrogen) atoms. The number of ether oxygens (including phenoxy) is 1. The Hall–Kier alpha value is -3.44. The van der Waals surface area contributed by atoms with Crippen LogP contribution in [0, 0.1) is 5.92 Å². The summed E-state index contributed by atoms with van der Waals surface area (Å²) < 4.78 is 8.55. The van der Waals surface area contributed by atoms with Crippen molar-refractivity contribution in [1.29, 1.82) is 0 Å². The van der Waals surface area contributed by atoms with Crippen LogP contribution in [0.5, 0.6) is 0 Å². The summed E-state index contributed by atoms with van der Waals surface area (Å²) in [7, 11) is 0. The fourth-order valence-corrected chi connectivity index (χ4v) is 6.59. The van der Waals surface area contributed by atoms with Crippen LogP contribution in [0.15, 0.2) is 47.8 Å². The van der Waals surface area contributed by atoms with Gasteiger partial charge in [-0.2, -0.15) is 0 Å². The van der Waals surface area contributed by atoms with Crippen LogP contribution in [0.1, 0.15) is 129 Å². The molecule has 0 spiro atoms. The second-order valence-electron chi connectivity index (χ2n) is 16.5. The summed E-state index contributed by atoms with van der Waals surface area (Å²) in [4.78, 5) is 46.2. The van der Waals surface area contributed by atoms with Crippen molar-refractivity contribution in [1.82, 2.24) is 29.6 Å². The van der Waals surface area contributed by atoms with Crippen LogP contribution >= 0.6 is 23.5 Å². The van der Waals surface area contributed by atoms with Gasteiger partial charge in [-0.1, -0.05) is 59.2 Å². The predicted octanol–water partition coefficient (Wildman–Crippen LogP) is 8.92. The normalized spacial score (nSPS) is 17.1. The fraction of sp³-hybridized carbons (Fsp3) is 0.568. The van der Waals surface area contributed by atoms with E-state index in [4.69, 9.17) is 26.3 Å². The highest BCUT2D eigenvalue weighted by atomic mass is 35.5. The highest BCUT2D eigenvalue weighted by Gasteiger charge is 2.43. The summed E-state index contributed by atoms with van der Waals surface area (Å²) >= 11 is 7.45. The number of nitrogens with one attached hydrogen (secondary N) is 2. The molecule has 0 radical (unpaired) electrons. The number of pyridine rings is 2. The summed E-state index contributed by atoms with van der Waals surface area (Å²) in [5, 5.41) is 4.33. The minimum Gasteiger partial charge on any atom is -0.444 e. The molecule has 0 aromatic carbocycles. The van der Waals surface area contributed by atoms with Gasteiger partial charge in [-0.15, -0.1) is 0 Å². The number of carbonyl (C=O) groups excluding carboxylic acids is 2. The topological polar surface area (TPSA) is 122 Å². The smallest absolute Gasteiger partial charge is 0.410 e. The van der Waals surface area contributed by atoms with Crippen LogP contribution in [0.3, 0.4) is 0 Å². The Kier molecular flexibility index (Phi) is 11.6. The average Bonchev–Trinajstić information content (AvgIpc) is 3.30. The highest BCUT2D eigenvalue weighted by molar-refractivity contribution is 7.97. The Morgan fingerprint density at radius 3 is 2.39 bits per heavy atom. The van der Waals surface area contributed by atoms with E-state index in [0.717, 1.165) is 36.9 Å². The van der Waals surface area contributed by atoms with Crippen LogP contribution in [-0.2, 0) is 15.6 Å². The zero-order valence-electron chi connectivity index (χ0n) is 30.8. The van der Waals surface area contributed by atoms with Crippen molar-refractivity contribution >= 4 is 41.4 Å². The average molecular weight is 710 g/mol. The number of nitrogens with zero attached hydrogens (tertiary/aromatic N) is 5. The molecule has 2 amide bonds. The van der Waals surface area contributed by atoms with E-state index in [2.05, 4.69) is 66.8 Å². The number of anilines is 1. The van der Waals surface area contributed by atoms with Crippen LogP contribution in [0.4, 0.5) is 10.6 Å². The van der Waals surface area contributed by atoms with Gasteiger partial charge in [0.25, 0.3) is 5.91 Å². The van der Waals surface area contributed by atoms with Gasteiger partial charge >= 0.3 is 6.09 Å². The molecule has 4 heterocycles. The third kappa shape index (κ3) is 10.5. The molecular weight excluding hydrogens is 658 g/mol. The van der Waals surface area contributed by atoms with Crippen molar-refractivity contribution in [2.24, 2.45) is 5.92 Å². The quantitative estimate of drug-likeness (QED) is 0.166. The summed E-state index contributed by atoms with van der Waals surface area (Å²) in [6, 6.07) is 9.72. The van der Waals surface area contributed by atoms with E-state index < -0.39 is 11.5 Å². The molecule has 4 rings (SSSR count). The number of amides is 2. The maximum atomic E-state index is 13.1. The molecule has 2 N–H and O–H groups in total. The molecule has 2 atom stereocenters. The number of hydrogen-bond acceptors (Lipinski definition) is 9. The summed E-state index contributed by atoms with van der Waals surface area (Å²) in [6.45, 7) is 23.1. The molecule has 12 heteroatoms. The van der Waals surface area contributed by atoms with Gasteiger partial charge in [-0.3, -0.25) is 14.5 Å². The molecule has 10 nitrogen and oxygen atoms in total. The first-order valence-electron chi connectivity index (χ1n) is 16.8. The molecule has 1 aliphatic heterocycles. The zero-order chi connectivity index (χ0) is 36.4. The lowest BCUT2D eigenvalue weighted by Crippen LogP contribution is -2.45. The van der Waals surface area contributed by atoms with E-state index in [1.54, 1.807) is 0 Å². The third-order valence-electron chi connectivity index (χ3n) is 8.39. The van der Waals surface area contributed by atoms with Gasteiger partial charge < -0.3 is 15.0 Å². The summed E-state index contributed by atoms with van der Waals surface area (Å²) in [5.74, 6) is 1.12. The Bertz CT molecular complexity index is 1650. The predicted molar refractivity (Wildman–Crippen MR) is 197 cm³/mol. The van der Waals surface area contributed by atoms with Crippen molar-refractivity contribution in [2.45, 2.75) is 128 Å². The van der Waals surface area contributed by atoms with Crippen LogP contribution < -0.4 is 10.0 Å². The minimum absolute atomic E-state index is 0.0420. The van der Waals surface area contributed by atoms with Gasteiger partial charge in [0, 0.05) is 41.8 Å². The first-order valence-corrected chi connectivity index (χ1v) is 18.0. The molecule has 1 fully saturated rings. The first-order chi connectivity index (χ1) is 22.6. The largest absolute Gasteiger partial charge is 0.444 e. The van der Waals surface area contributed by atoms with Crippen LogP contribution in [-0.4, -0.2) is 54.5 Å². The van der Waals surface area contributed by atoms with Gasteiger partial charge in [0.1, 0.15) is 27.4 Å². The molecule has 0 bridgehead atoms. The molecular formula is C37H52ClN7O3S. The summed E-state index contributed by atoms with van der Waals surface area (Å²) in [5.41, 5.74) is 1.13. The van der Waals surface area contributed by atoms with E-state index in [0.29, 0.717) is 29.1 Å². The van der Waals surface area contributed by atoms with Crippen LogP contribution in [0.25, 0.3) is 0 Å². The maximum Gasteiger partial charge on any atom is 0.410 e. The van der Waals surface area contributed by atoms with Crippen molar-refractivity contribution in [3.05, 3.63) is 70.5 Å². The number of carbonyl (C=O) groups is 2. The number of likely N-dealkylation sites (tertiary alicyclic amines) is 1. The van der Waals surface area contributed by atoms with E-state index in [1.165, 1.54) is 11.8 Å². The Morgan fingerprint density at radius 1 is 1.04 bits per heavy atom. The first kappa shape index (κ1) is 38.4. The standard InChI is InChI=1S/C37H52ClN7O3S/c1-34(2,3)24-17-18-39-27(19-24)26(16-15-23-20-37(10,11)45(22-23)33(47)48-36(7,8)9)41-28-13-12-14-29(42-28)49-44-31(46)25-21-40-32(35(4,5)6)43-30(25)38/h12-14,17-19,21,23,26H,15-16,20,22H2,1-11H3,(H,41,42)(H,44,46)/t23-,26?/m0/s1. The third-order valence-corrected chi connectivity index (χ3v) is 9.41. The Morgan fingerprint density at radius 2 is 1.76 bits per heavy atom. The van der Waals surface area contributed by atoms with Crippen LogP contribution in [0.2, 0.25) is 5.15 Å². The maximum absolute atomic E-state index is 13.1. The monoisotopic (exact) mass is 709 g/mol. The lowest BCUT2D eigenvalue weighted by atomic mass is 9.86. The molecule has 0 saturated carbocycles. The van der Waals surface area contributed by atoms with E-state index in [-0.39, 0.29) is 39.2 Å². The molecule has 266 valence electrons. The molecule has 3 aromatic heterocycles. The van der Waals surface area contributed by atoms with Crippen molar-refractivity contribution in [3.8, 4) is 0 Å². The zero-order valence-corrected chi connectivity index (χ0v) is 32.3. The number of aromatic nitrogens is 4.